The number of aryl methyl sites for hydroxylation is 1. The van der Waals surface area contributed by atoms with E-state index in [1.54, 1.807) is 0 Å². The number of aromatic nitrogens is 3. The quantitative estimate of drug-likeness (QED) is 0.808. The fraction of sp³-hybridized carbons (Fsp3) is 0.100. The van der Waals surface area contributed by atoms with Crippen molar-refractivity contribution in [1.82, 2.24) is 15.0 Å². The van der Waals surface area contributed by atoms with Gasteiger partial charge in [0, 0.05) is 12.7 Å². The highest BCUT2D eigenvalue weighted by Crippen LogP contribution is 2.22. The van der Waals surface area contributed by atoms with Gasteiger partial charge in [-0.05, 0) is 34.1 Å². The summed E-state index contributed by atoms with van der Waals surface area (Å²) in [6.07, 6.45) is 0. The molecular formula is C10H9BrFN5O3S. The first kappa shape index (κ1) is 15.4. The highest BCUT2D eigenvalue weighted by molar-refractivity contribution is 9.10. The van der Waals surface area contributed by atoms with Crippen molar-refractivity contribution in [3.8, 4) is 0 Å². The highest BCUT2D eigenvalue weighted by atomic mass is 79.9. The van der Waals surface area contributed by atoms with Crippen LogP contribution in [0, 0.1) is 5.82 Å². The lowest BCUT2D eigenvalue weighted by Crippen LogP contribution is -2.18. The molecule has 0 aliphatic carbocycles. The van der Waals surface area contributed by atoms with Crippen LogP contribution in [0.2, 0.25) is 0 Å². The molecule has 0 saturated heterocycles. The zero-order chi connectivity index (χ0) is 15.8. The molecular weight excluding hydrogens is 369 g/mol. The van der Waals surface area contributed by atoms with Gasteiger partial charge in [-0.1, -0.05) is 5.21 Å². The lowest BCUT2D eigenvalue weighted by molar-refractivity contribution is 0.0996. The minimum atomic E-state index is -4.02. The molecule has 0 saturated carbocycles. The van der Waals surface area contributed by atoms with Gasteiger partial charge in [-0.2, -0.15) is 8.42 Å². The molecule has 21 heavy (non-hydrogen) atoms. The van der Waals surface area contributed by atoms with Crippen LogP contribution in [0.3, 0.4) is 0 Å². The Kier molecular flexibility index (Phi) is 3.96. The maximum Gasteiger partial charge on any atom is 0.281 e. The molecule has 0 bridgehead atoms. The molecule has 0 aliphatic rings. The molecule has 1 aromatic carbocycles. The van der Waals surface area contributed by atoms with Gasteiger partial charge < -0.3 is 5.73 Å². The van der Waals surface area contributed by atoms with Crippen LogP contribution in [-0.2, 0) is 17.1 Å². The molecule has 0 radical (unpaired) electrons. The Bertz CT molecular complexity index is 801. The second kappa shape index (κ2) is 5.41. The van der Waals surface area contributed by atoms with Crippen molar-refractivity contribution < 1.29 is 17.6 Å². The van der Waals surface area contributed by atoms with Gasteiger partial charge in [0.25, 0.3) is 15.9 Å². The van der Waals surface area contributed by atoms with Crippen molar-refractivity contribution in [2.75, 3.05) is 4.72 Å². The molecule has 0 unspecified atom stereocenters. The van der Waals surface area contributed by atoms with Crippen LogP contribution in [0.15, 0.2) is 27.8 Å². The lowest BCUT2D eigenvalue weighted by Gasteiger charge is -2.09. The summed E-state index contributed by atoms with van der Waals surface area (Å²) in [7, 11) is -2.63. The van der Waals surface area contributed by atoms with Crippen LogP contribution in [0.25, 0.3) is 0 Å². The highest BCUT2D eigenvalue weighted by Gasteiger charge is 2.24. The van der Waals surface area contributed by atoms with Crippen molar-refractivity contribution >= 4 is 37.5 Å². The van der Waals surface area contributed by atoms with Gasteiger partial charge in [0.2, 0.25) is 5.03 Å². The van der Waals surface area contributed by atoms with Crippen LogP contribution in [0.4, 0.5) is 10.1 Å². The predicted molar refractivity (Wildman–Crippen MR) is 74.4 cm³/mol. The Hall–Kier alpha value is -2.01. The summed E-state index contributed by atoms with van der Waals surface area (Å²) in [5, 5.41) is 6.90. The topological polar surface area (TPSA) is 120 Å². The van der Waals surface area contributed by atoms with E-state index in [2.05, 4.69) is 31.0 Å². The predicted octanol–water partition coefficient (Wildman–Crippen LogP) is 0.616. The number of sulfonamides is 1. The number of hydrogen-bond donors (Lipinski definition) is 2. The van der Waals surface area contributed by atoms with E-state index in [4.69, 9.17) is 5.73 Å². The van der Waals surface area contributed by atoms with Gasteiger partial charge in [-0.15, -0.1) is 5.10 Å². The second-order valence-corrected chi connectivity index (χ2v) is 6.32. The Morgan fingerprint density at radius 1 is 1.48 bits per heavy atom. The zero-order valence-electron chi connectivity index (χ0n) is 10.5. The molecule has 1 heterocycles. The van der Waals surface area contributed by atoms with Crippen LogP contribution < -0.4 is 10.5 Å². The van der Waals surface area contributed by atoms with Crippen LogP contribution in [-0.4, -0.2) is 29.3 Å². The summed E-state index contributed by atoms with van der Waals surface area (Å²) in [5.41, 5.74) is 4.57. The summed E-state index contributed by atoms with van der Waals surface area (Å²) in [4.78, 5) is 11.0. The number of nitrogens with zero attached hydrogens (tertiary/aromatic N) is 3. The fourth-order valence-electron chi connectivity index (χ4n) is 1.59. The molecule has 1 aromatic heterocycles. The minimum Gasteiger partial charge on any atom is -0.366 e. The van der Waals surface area contributed by atoms with E-state index in [0.717, 1.165) is 22.9 Å². The summed E-state index contributed by atoms with van der Waals surface area (Å²) >= 11 is 2.97. The first-order valence-electron chi connectivity index (χ1n) is 5.39. The number of hydrogen-bond acceptors (Lipinski definition) is 5. The lowest BCUT2D eigenvalue weighted by atomic mass is 10.2. The van der Waals surface area contributed by atoms with E-state index in [9.17, 15) is 17.6 Å². The number of carbonyl (C=O) groups is 1. The minimum absolute atomic E-state index is 0.0155. The molecule has 0 fully saturated rings. The Labute approximate surface area is 127 Å². The van der Waals surface area contributed by atoms with E-state index in [1.165, 1.54) is 7.05 Å². The van der Waals surface area contributed by atoms with Crippen LogP contribution >= 0.6 is 15.9 Å². The van der Waals surface area contributed by atoms with Crippen molar-refractivity contribution in [1.29, 1.82) is 0 Å². The molecule has 3 N–H and O–H groups in total. The fourth-order valence-corrected chi connectivity index (χ4v) is 3.74. The molecule has 1 amide bonds. The van der Waals surface area contributed by atoms with Gasteiger partial charge in [-0.3, -0.25) is 9.52 Å². The van der Waals surface area contributed by atoms with E-state index < -0.39 is 27.3 Å². The molecule has 112 valence electrons. The summed E-state index contributed by atoms with van der Waals surface area (Å²) in [6, 6.07) is 3.11. The van der Waals surface area contributed by atoms with E-state index in [-0.39, 0.29) is 15.3 Å². The average Bonchev–Trinajstić information content (AvgIpc) is 2.71. The number of carbonyl (C=O) groups excluding carboxylic acids is 1. The van der Waals surface area contributed by atoms with E-state index >= 15 is 0 Å². The summed E-state index contributed by atoms with van der Waals surface area (Å²) in [6.45, 7) is 0. The number of amides is 1. The first-order valence-corrected chi connectivity index (χ1v) is 7.67. The van der Waals surface area contributed by atoms with Gasteiger partial charge in [0.05, 0.1) is 5.56 Å². The zero-order valence-corrected chi connectivity index (χ0v) is 12.9. The summed E-state index contributed by atoms with van der Waals surface area (Å²) in [5.74, 6) is -1.84. The van der Waals surface area contributed by atoms with Gasteiger partial charge in [0.15, 0.2) is 4.60 Å². The molecule has 11 heteroatoms. The van der Waals surface area contributed by atoms with Crippen LogP contribution in [0.1, 0.15) is 10.4 Å². The maximum absolute atomic E-state index is 13.3. The van der Waals surface area contributed by atoms with Gasteiger partial charge in [0.1, 0.15) is 5.82 Å². The molecule has 0 atom stereocenters. The Morgan fingerprint density at radius 3 is 2.67 bits per heavy atom. The van der Waals surface area contributed by atoms with Crippen molar-refractivity contribution in [2.45, 2.75) is 5.03 Å². The van der Waals surface area contributed by atoms with Crippen molar-refractivity contribution in [3.63, 3.8) is 0 Å². The van der Waals surface area contributed by atoms with Crippen molar-refractivity contribution in [3.05, 3.63) is 34.2 Å². The third-order valence-corrected chi connectivity index (χ3v) is 4.74. The standard InChI is InChI=1S/C10H9BrFN5O3S/c1-17-10(8(11)14-16-17)21(19,20)15-5-2-3-7(12)6(4-5)9(13)18/h2-4,15H,1H3,(H2,13,18). The number of nitrogens with two attached hydrogens (primary N) is 1. The normalized spacial score (nSPS) is 11.4. The number of halogens is 2. The second-order valence-electron chi connectivity index (χ2n) is 3.97. The van der Waals surface area contributed by atoms with Crippen molar-refractivity contribution in [2.24, 2.45) is 12.8 Å². The van der Waals surface area contributed by atoms with E-state index in [0.29, 0.717) is 0 Å². The van der Waals surface area contributed by atoms with Gasteiger partial charge in [-0.25, -0.2) is 9.07 Å². The van der Waals surface area contributed by atoms with Crippen LogP contribution in [0.5, 0.6) is 0 Å². The first-order chi connectivity index (χ1) is 9.72. The molecule has 2 rings (SSSR count). The molecule has 0 aliphatic heterocycles. The number of primary amides is 1. The number of benzene rings is 1. The summed E-state index contributed by atoms with van der Waals surface area (Å²) < 4.78 is 41.0. The molecule has 0 spiro atoms. The number of nitrogens with one attached hydrogen (secondary N) is 1. The Balaban J connectivity index is 2.42. The largest absolute Gasteiger partial charge is 0.366 e. The SMILES string of the molecule is Cn1nnc(Br)c1S(=O)(=O)Nc1ccc(F)c(C(N)=O)c1. The third kappa shape index (κ3) is 3.03. The number of anilines is 1. The van der Waals surface area contributed by atoms with Gasteiger partial charge >= 0.3 is 0 Å². The maximum atomic E-state index is 13.3. The smallest absolute Gasteiger partial charge is 0.281 e. The molecule has 8 nitrogen and oxygen atoms in total. The third-order valence-electron chi connectivity index (χ3n) is 2.48. The van der Waals surface area contributed by atoms with E-state index in [1.807, 2.05) is 0 Å². The average molecular weight is 378 g/mol. The number of rotatable bonds is 4. The molecule has 2 aromatic rings. The Morgan fingerprint density at radius 2 is 2.14 bits per heavy atom. The monoisotopic (exact) mass is 377 g/mol.